The minimum atomic E-state index is -0.308. The fourth-order valence-electron chi connectivity index (χ4n) is 2.94. The Hall–Kier alpha value is -3.66. The number of hydrogen-bond donors (Lipinski definition) is 2. The summed E-state index contributed by atoms with van der Waals surface area (Å²) in [6.45, 7) is 0. The highest BCUT2D eigenvalue weighted by Crippen LogP contribution is 2.32. The van der Waals surface area contributed by atoms with Crippen molar-refractivity contribution in [1.82, 2.24) is 4.98 Å². The zero-order chi connectivity index (χ0) is 18.8. The molecule has 0 saturated heterocycles. The van der Waals surface area contributed by atoms with Gasteiger partial charge in [0.15, 0.2) is 0 Å². The Balaban J connectivity index is 1.92. The first-order valence-corrected chi connectivity index (χ1v) is 8.46. The van der Waals surface area contributed by atoms with Crippen LogP contribution in [0.1, 0.15) is 0 Å². The van der Waals surface area contributed by atoms with E-state index in [1.165, 1.54) is 6.07 Å². The van der Waals surface area contributed by atoms with Crippen molar-refractivity contribution in [3.05, 3.63) is 90.7 Å². The van der Waals surface area contributed by atoms with Gasteiger partial charge >= 0.3 is 0 Å². The van der Waals surface area contributed by atoms with Crippen LogP contribution in [0.4, 0.5) is 4.39 Å². The number of phenolic OH excluding ortho intramolecular Hbond substituents is 2. The molecular formula is C23H16FNO2. The minimum Gasteiger partial charge on any atom is -0.508 e. The molecule has 0 aliphatic heterocycles. The van der Waals surface area contributed by atoms with Crippen LogP contribution < -0.4 is 0 Å². The van der Waals surface area contributed by atoms with Gasteiger partial charge in [0.05, 0.1) is 11.4 Å². The molecule has 3 nitrogen and oxygen atoms in total. The second kappa shape index (κ2) is 6.92. The number of benzene rings is 3. The number of phenols is 2. The molecule has 0 radical (unpaired) electrons. The molecule has 0 atom stereocenters. The summed E-state index contributed by atoms with van der Waals surface area (Å²) in [4.78, 5) is 4.70. The predicted molar refractivity (Wildman–Crippen MR) is 104 cm³/mol. The topological polar surface area (TPSA) is 53.4 Å². The van der Waals surface area contributed by atoms with E-state index in [2.05, 4.69) is 0 Å². The molecule has 0 spiro atoms. The van der Waals surface area contributed by atoms with Gasteiger partial charge in [-0.1, -0.05) is 18.2 Å². The van der Waals surface area contributed by atoms with Gasteiger partial charge in [-0.05, 0) is 72.3 Å². The molecule has 0 unspecified atom stereocenters. The van der Waals surface area contributed by atoms with E-state index in [-0.39, 0.29) is 17.3 Å². The second-order valence-corrected chi connectivity index (χ2v) is 6.20. The fraction of sp³-hybridized carbons (Fsp3) is 0. The Kier molecular flexibility index (Phi) is 4.30. The van der Waals surface area contributed by atoms with Crippen molar-refractivity contribution < 1.29 is 14.6 Å². The predicted octanol–water partition coefficient (Wildman–Crippen LogP) is 5.63. The van der Waals surface area contributed by atoms with Crippen molar-refractivity contribution in [2.75, 3.05) is 0 Å². The lowest BCUT2D eigenvalue weighted by Crippen LogP contribution is -1.92. The third-order valence-corrected chi connectivity index (χ3v) is 4.34. The Labute approximate surface area is 156 Å². The largest absolute Gasteiger partial charge is 0.508 e. The number of hydrogen-bond acceptors (Lipinski definition) is 3. The summed E-state index contributed by atoms with van der Waals surface area (Å²) in [5.74, 6) is 0.0301. The van der Waals surface area contributed by atoms with Crippen molar-refractivity contribution in [2.24, 2.45) is 0 Å². The van der Waals surface area contributed by atoms with Crippen molar-refractivity contribution >= 4 is 0 Å². The minimum absolute atomic E-state index is 0.169. The second-order valence-electron chi connectivity index (χ2n) is 6.20. The van der Waals surface area contributed by atoms with E-state index in [0.29, 0.717) is 22.5 Å². The molecule has 1 heterocycles. The first-order chi connectivity index (χ1) is 13.1. The van der Waals surface area contributed by atoms with Gasteiger partial charge in [0.25, 0.3) is 0 Å². The van der Waals surface area contributed by atoms with Gasteiger partial charge in [-0.25, -0.2) is 9.37 Å². The van der Waals surface area contributed by atoms with Crippen molar-refractivity contribution in [3.63, 3.8) is 0 Å². The summed E-state index contributed by atoms with van der Waals surface area (Å²) in [6.07, 6.45) is 0. The Morgan fingerprint density at radius 2 is 1.07 bits per heavy atom. The number of aromatic nitrogens is 1. The molecule has 4 heteroatoms. The third kappa shape index (κ3) is 3.51. The molecule has 2 N–H and O–H groups in total. The van der Waals surface area contributed by atoms with Crippen LogP contribution in [0, 0.1) is 5.82 Å². The molecule has 0 amide bonds. The van der Waals surface area contributed by atoms with E-state index in [0.717, 1.165) is 11.1 Å². The van der Waals surface area contributed by atoms with E-state index >= 15 is 0 Å². The van der Waals surface area contributed by atoms with Gasteiger partial charge in [0.1, 0.15) is 17.3 Å². The van der Waals surface area contributed by atoms with Crippen LogP contribution in [-0.2, 0) is 0 Å². The molecular weight excluding hydrogens is 341 g/mol. The number of halogens is 1. The van der Waals surface area contributed by atoms with E-state index in [4.69, 9.17) is 4.98 Å². The Morgan fingerprint density at radius 1 is 0.593 bits per heavy atom. The molecule has 0 fully saturated rings. The van der Waals surface area contributed by atoms with Crippen LogP contribution in [-0.4, -0.2) is 15.2 Å². The fourth-order valence-corrected chi connectivity index (χ4v) is 2.94. The molecule has 0 aliphatic carbocycles. The van der Waals surface area contributed by atoms with Crippen LogP contribution in [0.5, 0.6) is 11.5 Å². The Morgan fingerprint density at radius 3 is 1.56 bits per heavy atom. The first-order valence-electron chi connectivity index (χ1n) is 8.46. The number of aromatic hydroxyl groups is 2. The quantitative estimate of drug-likeness (QED) is 0.499. The summed E-state index contributed by atoms with van der Waals surface area (Å²) in [5.41, 5.74) is 4.14. The highest BCUT2D eigenvalue weighted by molar-refractivity contribution is 5.77. The lowest BCUT2D eigenvalue weighted by molar-refractivity contribution is 0.475. The average molecular weight is 357 g/mol. The molecule has 132 valence electrons. The molecule has 4 rings (SSSR count). The van der Waals surface area contributed by atoms with Gasteiger partial charge < -0.3 is 10.2 Å². The molecule has 0 bridgehead atoms. The van der Waals surface area contributed by atoms with E-state index in [1.54, 1.807) is 66.7 Å². The maximum atomic E-state index is 14.4. The number of nitrogens with zero attached hydrogens (tertiary/aromatic N) is 1. The average Bonchev–Trinajstić information content (AvgIpc) is 2.69. The van der Waals surface area contributed by atoms with Gasteiger partial charge in [-0.3, -0.25) is 0 Å². The summed E-state index contributed by atoms with van der Waals surface area (Å²) in [7, 11) is 0. The number of pyridine rings is 1. The summed E-state index contributed by atoms with van der Waals surface area (Å²) in [5, 5.41) is 19.1. The summed E-state index contributed by atoms with van der Waals surface area (Å²) in [6, 6.07) is 23.7. The molecule has 4 aromatic rings. The molecule has 0 saturated carbocycles. The zero-order valence-corrected chi connectivity index (χ0v) is 14.3. The smallest absolute Gasteiger partial charge is 0.131 e. The van der Waals surface area contributed by atoms with Crippen LogP contribution in [0.15, 0.2) is 84.9 Å². The maximum Gasteiger partial charge on any atom is 0.131 e. The highest BCUT2D eigenvalue weighted by atomic mass is 19.1. The van der Waals surface area contributed by atoms with Crippen molar-refractivity contribution in [3.8, 4) is 45.1 Å². The maximum absolute atomic E-state index is 14.4. The van der Waals surface area contributed by atoms with Gasteiger partial charge in [-0.2, -0.15) is 0 Å². The van der Waals surface area contributed by atoms with Crippen LogP contribution >= 0.6 is 0 Å². The molecule has 1 aromatic heterocycles. The van der Waals surface area contributed by atoms with Gasteiger partial charge in [0.2, 0.25) is 0 Å². The normalized spacial score (nSPS) is 10.7. The van der Waals surface area contributed by atoms with Gasteiger partial charge in [0, 0.05) is 16.7 Å². The van der Waals surface area contributed by atoms with Crippen molar-refractivity contribution in [1.29, 1.82) is 0 Å². The monoisotopic (exact) mass is 357 g/mol. The molecule has 3 aromatic carbocycles. The SMILES string of the molecule is Oc1ccc(-c2cc(-c3ccccc3F)cc(-c3ccc(O)cc3)n2)cc1. The molecule has 27 heavy (non-hydrogen) atoms. The van der Waals surface area contributed by atoms with Crippen LogP contribution in [0.2, 0.25) is 0 Å². The first kappa shape index (κ1) is 16.8. The molecule has 0 aliphatic rings. The lowest BCUT2D eigenvalue weighted by atomic mass is 9.99. The van der Waals surface area contributed by atoms with E-state index in [1.807, 2.05) is 12.1 Å². The third-order valence-electron chi connectivity index (χ3n) is 4.34. The van der Waals surface area contributed by atoms with Gasteiger partial charge in [-0.15, -0.1) is 0 Å². The van der Waals surface area contributed by atoms with Crippen LogP contribution in [0.3, 0.4) is 0 Å². The van der Waals surface area contributed by atoms with E-state index in [9.17, 15) is 14.6 Å². The zero-order valence-electron chi connectivity index (χ0n) is 14.3. The Bertz CT molecular complexity index is 1030. The van der Waals surface area contributed by atoms with Crippen molar-refractivity contribution in [2.45, 2.75) is 0 Å². The lowest BCUT2D eigenvalue weighted by Gasteiger charge is -2.11. The summed E-state index contributed by atoms with van der Waals surface area (Å²) >= 11 is 0. The number of rotatable bonds is 3. The summed E-state index contributed by atoms with van der Waals surface area (Å²) < 4.78 is 14.4. The van der Waals surface area contributed by atoms with E-state index < -0.39 is 0 Å². The van der Waals surface area contributed by atoms with Crippen LogP contribution in [0.25, 0.3) is 33.6 Å². The highest BCUT2D eigenvalue weighted by Gasteiger charge is 2.11. The standard InChI is InChI=1S/C23H16FNO2/c24-21-4-2-1-3-20(21)17-13-22(15-5-9-18(26)10-6-15)25-23(14-17)16-7-11-19(27)12-8-16/h1-14,26-27H.